The molecule has 3 rings (SSSR count). The fourth-order valence-electron chi connectivity index (χ4n) is 3.21. The highest BCUT2D eigenvalue weighted by atomic mass is 16.5. The fraction of sp³-hybridized carbons (Fsp3) is 0.529. The van der Waals surface area contributed by atoms with Crippen molar-refractivity contribution in [2.75, 3.05) is 13.2 Å². The molecule has 1 atom stereocenters. The lowest BCUT2D eigenvalue weighted by Gasteiger charge is -2.24. The minimum Gasteiger partial charge on any atom is -0.389 e. The molecule has 1 aliphatic heterocycles. The zero-order chi connectivity index (χ0) is 15.9. The Labute approximate surface area is 129 Å². The predicted octanol–water partition coefficient (Wildman–Crippen LogP) is 2.19. The van der Waals surface area contributed by atoms with Crippen LogP contribution in [0.1, 0.15) is 48.7 Å². The lowest BCUT2D eigenvalue weighted by molar-refractivity contribution is 0.0828. The zero-order valence-corrected chi connectivity index (χ0v) is 13.3. The Morgan fingerprint density at radius 3 is 2.68 bits per heavy atom. The van der Waals surface area contributed by atoms with Crippen LogP contribution in [0.2, 0.25) is 0 Å². The molecule has 0 aliphatic carbocycles. The first-order chi connectivity index (χ1) is 10.5. The number of hydrogen-bond donors (Lipinski definition) is 1. The van der Waals surface area contributed by atoms with Gasteiger partial charge in [-0.2, -0.15) is 0 Å². The van der Waals surface area contributed by atoms with Crippen LogP contribution >= 0.6 is 0 Å². The highest BCUT2D eigenvalue weighted by Gasteiger charge is 2.22. The van der Waals surface area contributed by atoms with Gasteiger partial charge in [-0.05, 0) is 38.3 Å². The number of aromatic nitrogens is 2. The smallest absolute Gasteiger partial charge is 0.261 e. The van der Waals surface area contributed by atoms with E-state index in [1.807, 2.05) is 19.1 Å². The number of aryl methyl sites for hydroxylation is 1. The Bertz CT molecular complexity index is 759. The monoisotopic (exact) mass is 302 g/mol. The number of fused-ring (bicyclic) bond motifs is 1. The topological polar surface area (TPSA) is 64.4 Å². The molecule has 0 bridgehead atoms. The van der Waals surface area contributed by atoms with Crippen molar-refractivity contribution in [3.8, 4) is 0 Å². The maximum atomic E-state index is 12.7. The third-order valence-corrected chi connectivity index (χ3v) is 4.43. The second kappa shape index (κ2) is 5.82. The van der Waals surface area contributed by atoms with Crippen LogP contribution in [-0.4, -0.2) is 27.9 Å². The van der Waals surface area contributed by atoms with E-state index < -0.39 is 6.10 Å². The summed E-state index contributed by atoms with van der Waals surface area (Å²) in [6.45, 7) is 5.05. The molecular formula is C17H22N2O3. The van der Waals surface area contributed by atoms with E-state index in [-0.39, 0.29) is 11.5 Å². The van der Waals surface area contributed by atoms with Gasteiger partial charge in [-0.3, -0.25) is 9.36 Å². The number of ether oxygens (including phenoxy) is 1. The Morgan fingerprint density at radius 1 is 1.36 bits per heavy atom. The second-order valence-corrected chi connectivity index (χ2v) is 6.15. The molecular weight excluding hydrogens is 280 g/mol. The lowest BCUT2D eigenvalue weighted by atomic mass is 9.97. The molecule has 5 nitrogen and oxygen atoms in total. The van der Waals surface area contributed by atoms with E-state index >= 15 is 0 Å². The molecule has 1 aromatic heterocycles. The van der Waals surface area contributed by atoms with Gasteiger partial charge in [0.15, 0.2) is 0 Å². The summed E-state index contributed by atoms with van der Waals surface area (Å²) in [5, 5.41) is 10.6. The molecule has 0 spiro atoms. The van der Waals surface area contributed by atoms with Crippen molar-refractivity contribution in [1.82, 2.24) is 9.55 Å². The summed E-state index contributed by atoms with van der Waals surface area (Å²) in [5.41, 5.74) is 2.27. The number of hydrogen-bond acceptors (Lipinski definition) is 4. The number of rotatable bonds is 2. The fourth-order valence-corrected chi connectivity index (χ4v) is 3.21. The van der Waals surface area contributed by atoms with E-state index in [0.717, 1.165) is 29.8 Å². The molecule has 118 valence electrons. The predicted molar refractivity (Wildman–Crippen MR) is 85.1 cm³/mol. The van der Waals surface area contributed by atoms with E-state index in [2.05, 4.69) is 0 Å². The van der Waals surface area contributed by atoms with E-state index in [1.54, 1.807) is 18.5 Å². The zero-order valence-electron chi connectivity index (χ0n) is 13.3. The quantitative estimate of drug-likeness (QED) is 0.923. The highest BCUT2D eigenvalue weighted by molar-refractivity contribution is 5.82. The van der Waals surface area contributed by atoms with Crippen LogP contribution in [0.5, 0.6) is 0 Å². The standard InChI is InChI=1S/C17H22N2O3/c1-10-8-13(11(2)20)15-14(9-10)17(21)19(3)16(18-15)12-4-6-22-7-5-12/h8-9,11-12,20H,4-7H2,1-3H3. The summed E-state index contributed by atoms with van der Waals surface area (Å²) in [7, 11) is 1.78. The van der Waals surface area contributed by atoms with Gasteiger partial charge in [0.2, 0.25) is 0 Å². The number of aliphatic hydroxyl groups is 1. The Morgan fingerprint density at radius 2 is 2.05 bits per heavy atom. The summed E-state index contributed by atoms with van der Waals surface area (Å²) in [5.74, 6) is 1.03. The van der Waals surface area contributed by atoms with Crippen molar-refractivity contribution in [3.05, 3.63) is 39.4 Å². The maximum Gasteiger partial charge on any atom is 0.261 e. The minimum absolute atomic E-state index is 0.0444. The molecule has 0 amide bonds. The molecule has 22 heavy (non-hydrogen) atoms. The second-order valence-electron chi connectivity index (χ2n) is 6.15. The average Bonchev–Trinajstić information content (AvgIpc) is 2.51. The molecule has 1 saturated heterocycles. The molecule has 1 fully saturated rings. The van der Waals surface area contributed by atoms with E-state index in [0.29, 0.717) is 24.1 Å². The molecule has 2 aromatic rings. The van der Waals surface area contributed by atoms with Crippen molar-refractivity contribution in [1.29, 1.82) is 0 Å². The largest absolute Gasteiger partial charge is 0.389 e. The number of nitrogens with zero attached hydrogens (tertiary/aromatic N) is 2. The van der Waals surface area contributed by atoms with Crippen LogP contribution < -0.4 is 5.56 Å². The summed E-state index contributed by atoms with van der Waals surface area (Å²) in [6.07, 6.45) is 1.10. The van der Waals surface area contributed by atoms with Gasteiger partial charge in [-0.25, -0.2) is 4.98 Å². The highest BCUT2D eigenvalue weighted by Crippen LogP contribution is 2.28. The third kappa shape index (κ3) is 2.55. The van der Waals surface area contributed by atoms with Crippen LogP contribution in [0.3, 0.4) is 0 Å². The first kappa shape index (κ1) is 15.2. The summed E-state index contributed by atoms with van der Waals surface area (Å²) < 4.78 is 7.06. The van der Waals surface area contributed by atoms with Crippen molar-refractivity contribution in [2.45, 2.75) is 38.7 Å². The van der Waals surface area contributed by atoms with Gasteiger partial charge >= 0.3 is 0 Å². The number of aliphatic hydroxyl groups excluding tert-OH is 1. The van der Waals surface area contributed by atoms with Crippen molar-refractivity contribution >= 4 is 10.9 Å². The average molecular weight is 302 g/mol. The first-order valence-corrected chi connectivity index (χ1v) is 7.76. The van der Waals surface area contributed by atoms with Crippen LogP contribution in [0.4, 0.5) is 0 Å². The molecule has 1 N–H and O–H groups in total. The normalized spacial score (nSPS) is 17.8. The molecule has 1 aromatic carbocycles. The first-order valence-electron chi connectivity index (χ1n) is 7.76. The minimum atomic E-state index is -0.649. The molecule has 2 heterocycles. The molecule has 1 aliphatic rings. The number of benzene rings is 1. The Kier molecular flexibility index (Phi) is 4.02. The van der Waals surface area contributed by atoms with Gasteiger partial charge in [0.25, 0.3) is 5.56 Å². The van der Waals surface area contributed by atoms with Gasteiger partial charge in [0.1, 0.15) is 5.82 Å². The lowest BCUT2D eigenvalue weighted by Crippen LogP contribution is -2.27. The molecule has 1 unspecified atom stereocenters. The summed E-state index contributed by atoms with van der Waals surface area (Å²) >= 11 is 0. The van der Waals surface area contributed by atoms with Gasteiger partial charge in [-0.1, -0.05) is 6.07 Å². The third-order valence-electron chi connectivity index (χ3n) is 4.43. The van der Waals surface area contributed by atoms with Gasteiger partial charge in [0.05, 0.1) is 17.0 Å². The van der Waals surface area contributed by atoms with Gasteiger partial charge in [-0.15, -0.1) is 0 Å². The molecule has 0 saturated carbocycles. The van der Waals surface area contributed by atoms with Crippen molar-refractivity contribution < 1.29 is 9.84 Å². The van der Waals surface area contributed by atoms with Crippen molar-refractivity contribution in [3.63, 3.8) is 0 Å². The van der Waals surface area contributed by atoms with Gasteiger partial charge in [0, 0.05) is 31.7 Å². The van der Waals surface area contributed by atoms with Crippen LogP contribution in [0.25, 0.3) is 10.9 Å². The van der Waals surface area contributed by atoms with Crippen LogP contribution in [0, 0.1) is 6.92 Å². The van der Waals surface area contributed by atoms with Crippen LogP contribution in [-0.2, 0) is 11.8 Å². The summed E-state index contributed by atoms with van der Waals surface area (Å²) in [6, 6.07) is 3.76. The summed E-state index contributed by atoms with van der Waals surface area (Å²) in [4.78, 5) is 17.5. The van der Waals surface area contributed by atoms with Crippen molar-refractivity contribution in [2.24, 2.45) is 7.05 Å². The van der Waals surface area contributed by atoms with E-state index in [4.69, 9.17) is 9.72 Å². The van der Waals surface area contributed by atoms with E-state index in [9.17, 15) is 9.90 Å². The van der Waals surface area contributed by atoms with E-state index in [1.165, 1.54) is 0 Å². The molecule has 0 radical (unpaired) electrons. The Balaban J connectivity index is 2.27. The Hall–Kier alpha value is -1.72. The SMILES string of the molecule is Cc1cc(C(C)O)c2nc(C3CCOCC3)n(C)c(=O)c2c1. The van der Waals surface area contributed by atoms with Crippen LogP contribution in [0.15, 0.2) is 16.9 Å². The maximum absolute atomic E-state index is 12.7. The molecule has 5 heteroatoms. The van der Waals surface area contributed by atoms with Gasteiger partial charge < -0.3 is 9.84 Å².